The summed E-state index contributed by atoms with van der Waals surface area (Å²) in [5, 5.41) is 11.5. The fourth-order valence-electron chi connectivity index (χ4n) is 2.36. The number of aromatic hydroxyl groups is 1. The molecule has 0 heterocycles. The molecule has 3 heteroatoms. The summed E-state index contributed by atoms with van der Waals surface area (Å²) in [6.45, 7) is 0. The van der Waals surface area contributed by atoms with Gasteiger partial charge >= 0.3 is 5.97 Å². The molecule has 104 valence electrons. The average Bonchev–Trinajstić information content (AvgIpc) is 2.53. The van der Waals surface area contributed by atoms with Gasteiger partial charge in [-0.2, -0.15) is 0 Å². The predicted octanol–water partition coefficient (Wildman–Crippen LogP) is 4.00. The Kier molecular flexibility index (Phi) is 3.32. The van der Waals surface area contributed by atoms with Crippen LogP contribution in [0.25, 0.3) is 21.9 Å². The average molecular weight is 278 g/mol. The molecule has 0 aliphatic heterocycles. The van der Waals surface area contributed by atoms with Crippen molar-refractivity contribution >= 4 is 16.7 Å². The quantitative estimate of drug-likeness (QED) is 0.721. The van der Waals surface area contributed by atoms with E-state index in [0.29, 0.717) is 5.56 Å². The van der Waals surface area contributed by atoms with E-state index >= 15 is 0 Å². The van der Waals surface area contributed by atoms with Crippen LogP contribution in [0.5, 0.6) is 5.75 Å². The largest absolute Gasteiger partial charge is 0.508 e. The van der Waals surface area contributed by atoms with Crippen LogP contribution in [0, 0.1) is 0 Å². The number of fused-ring (bicyclic) bond motifs is 1. The van der Waals surface area contributed by atoms with E-state index in [9.17, 15) is 9.90 Å². The molecule has 0 saturated carbocycles. The van der Waals surface area contributed by atoms with E-state index in [1.54, 1.807) is 18.2 Å². The number of carbonyl (C=O) groups excluding carboxylic acids is 1. The van der Waals surface area contributed by atoms with E-state index in [-0.39, 0.29) is 11.7 Å². The van der Waals surface area contributed by atoms with Gasteiger partial charge < -0.3 is 9.84 Å². The lowest BCUT2D eigenvalue weighted by Gasteiger charge is -2.06. The number of benzene rings is 3. The maximum absolute atomic E-state index is 11.6. The smallest absolute Gasteiger partial charge is 0.337 e. The van der Waals surface area contributed by atoms with Crippen molar-refractivity contribution < 1.29 is 14.6 Å². The molecule has 0 spiro atoms. The number of rotatable bonds is 2. The number of esters is 1. The molecule has 0 radical (unpaired) electrons. The maximum Gasteiger partial charge on any atom is 0.337 e. The number of phenols is 1. The van der Waals surface area contributed by atoms with Crippen molar-refractivity contribution in [3.8, 4) is 16.9 Å². The van der Waals surface area contributed by atoms with E-state index in [2.05, 4.69) is 0 Å². The van der Waals surface area contributed by atoms with Gasteiger partial charge in [-0.1, -0.05) is 30.3 Å². The van der Waals surface area contributed by atoms with Crippen LogP contribution in [-0.2, 0) is 4.74 Å². The second-order valence-electron chi connectivity index (χ2n) is 4.82. The van der Waals surface area contributed by atoms with Crippen molar-refractivity contribution in [2.75, 3.05) is 7.11 Å². The van der Waals surface area contributed by atoms with Gasteiger partial charge in [0.15, 0.2) is 0 Å². The van der Waals surface area contributed by atoms with E-state index in [4.69, 9.17) is 4.74 Å². The Bertz CT molecular complexity index is 822. The normalized spacial score (nSPS) is 10.5. The molecule has 3 aromatic rings. The molecule has 0 bridgehead atoms. The number of phenolic OH excluding ortho intramolecular Hbond substituents is 1. The van der Waals surface area contributed by atoms with Gasteiger partial charge in [-0.25, -0.2) is 4.79 Å². The summed E-state index contributed by atoms with van der Waals surface area (Å²) in [5.41, 5.74) is 2.49. The van der Waals surface area contributed by atoms with Gasteiger partial charge in [0, 0.05) is 0 Å². The summed E-state index contributed by atoms with van der Waals surface area (Å²) in [5.74, 6) is -0.0921. The molecule has 0 saturated heterocycles. The Balaban J connectivity index is 2.08. The zero-order valence-electron chi connectivity index (χ0n) is 11.5. The first-order valence-corrected chi connectivity index (χ1v) is 6.59. The second kappa shape index (κ2) is 5.29. The van der Waals surface area contributed by atoms with Gasteiger partial charge in [-0.05, 0) is 52.2 Å². The number of ether oxygens (including phenoxy) is 1. The minimum Gasteiger partial charge on any atom is -0.508 e. The molecule has 1 N–H and O–H groups in total. The maximum atomic E-state index is 11.6. The lowest BCUT2D eigenvalue weighted by atomic mass is 9.99. The molecular weight excluding hydrogens is 264 g/mol. The van der Waals surface area contributed by atoms with E-state index in [0.717, 1.165) is 21.9 Å². The summed E-state index contributed by atoms with van der Waals surface area (Å²) in [7, 11) is 1.37. The first-order chi connectivity index (χ1) is 10.2. The van der Waals surface area contributed by atoms with E-state index in [1.165, 1.54) is 7.11 Å². The van der Waals surface area contributed by atoms with E-state index < -0.39 is 0 Å². The summed E-state index contributed by atoms with van der Waals surface area (Å²) < 4.78 is 4.74. The van der Waals surface area contributed by atoms with Crippen LogP contribution in [-0.4, -0.2) is 18.2 Å². The van der Waals surface area contributed by atoms with Crippen molar-refractivity contribution in [3.05, 3.63) is 66.2 Å². The van der Waals surface area contributed by atoms with E-state index in [1.807, 2.05) is 42.5 Å². The Morgan fingerprint density at radius 2 is 1.62 bits per heavy atom. The highest BCUT2D eigenvalue weighted by Crippen LogP contribution is 2.27. The Labute approximate surface area is 122 Å². The number of hydrogen-bond donors (Lipinski definition) is 1. The van der Waals surface area contributed by atoms with Crippen molar-refractivity contribution in [1.29, 1.82) is 0 Å². The molecule has 0 unspecified atom stereocenters. The third-order valence-electron chi connectivity index (χ3n) is 3.44. The molecule has 21 heavy (non-hydrogen) atoms. The van der Waals surface area contributed by atoms with Crippen LogP contribution in [0.1, 0.15) is 10.4 Å². The SMILES string of the molecule is COC(=O)c1cccc(-c2ccc3cc(O)ccc3c2)c1. The molecule has 0 aliphatic rings. The first kappa shape index (κ1) is 13.2. The molecule has 3 aromatic carbocycles. The van der Waals surface area contributed by atoms with Gasteiger partial charge in [0.2, 0.25) is 0 Å². The fourth-order valence-corrected chi connectivity index (χ4v) is 2.36. The highest BCUT2D eigenvalue weighted by molar-refractivity contribution is 5.92. The Morgan fingerprint density at radius 1 is 0.905 bits per heavy atom. The zero-order chi connectivity index (χ0) is 14.8. The lowest BCUT2D eigenvalue weighted by Crippen LogP contribution is -2.00. The van der Waals surface area contributed by atoms with Crippen LogP contribution in [0.2, 0.25) is 0 Å². The number of methoxy groups -OCH3 is 1. The third-order valence-corrected chi connectivity index (χ3v) is 3.44. The van der Waals surface area contributed by atoms with Gasteiger partial charge in [0.1, 0.15) is 5.75 Å². The molecule has 0 aliphatic carbocycles. The predicted molar refractivity (Wildman–Crippen MR) is 82.4 cm³/mol. The molecule has 0 fully saturated rings. The highest BCUT2D eigenvalue weighted by Gasteiger charge is 2.07. The van der Waals surface area contributed by atoms with Crippen LogP contribution in [0.15, 0.2) is 60.7 Å². The molecule has 0 atom stereocenters. The Hall–Kier alpha value is -2.81. The number of hydrogen-bond acceptors (Lipinski definition) is 3. The van der Waals surface area contributed by atoms with Gasteiger partial charge in [0.05, 0.1) is 12.7 Å². The lowest BCUT2D eigenvalue weighted by molar-refractivity contribution is 0.0601. The summed E-state index contributed by atoms with van der Waals surface area (Å²) >= 11 is 0. The van der Waals surface area contributed by atoms with Crippen LogP contribution in [0.3, 0.4) is 0 Å². The molecule has 0 aromatic heterocycles. The monoisotopic (exact) mass is 278 g/mol. The first-order valence-electron chi connectivity index (χ1n) is 6.59. The fraction of sp³-hybridized carbons (Fsp3) is 0.0556. The molecule has 3 nitrogen and oxygen atoms in total. The van der Waals surface area contributed by atoms with Gasteiger partial charge in [-0.15, -0.1) is 0 Å². The topological polar surface area (TPSA) is 46.5 Å². The third kappa shape index (κ3) is 2.58. The van der Waals surface area contributed by atoms with Gasteiger partial charge in [-0.3, -0.25) is 0 Å². The van der Waals surface area contributed by atoms with Crippen LogP contribution >= 0.6 is 0 Å². The minimum absolute atomic E-state index is 0.253. The minimum atomic E-state index is -0.345. The second-order valence-corrected chi connectivity index (χ2v) is 4.82. The standard InChI is InChI=1S/C18H14O3/c1-21-18(20)16-4-2-3-12(10-16)13-5-6-15-11-17(19)8-7-14(15)9-13/h2-11,19H,1H3. The summed E-state index contributed by atoms with van der Waals surface area (Å²) in [6.07, 6.45) is 0. The van der Waals surface area contributed by atoms with Crippen LogP contribution < -0.4 is 0 Å². The molecular formula is C18H14O3. The summed E-state index contributed by atoms with van der Waals surface area (Å²) in [4.78, 5) is 11.6. The molecule has 0 amide bonds. The van der Waals surface area contributed by atoms with Crippen molar-refractivity contribution in [2.24, 2.45) is 0 Å². The molecule has 3 rings (SSSR count). The highest BCUT2D eigenvalue weighted by atomic mass is 16.5. The van der Waals surface area contributed by atoms with Crippen molar-refractivity contribution in [2.45, 2.75) is 0 Å². The summed E-state index contributed by atoms with van der Waals surface area (Å²) in [6, 6.07) is 18.6. The zero-order valence-corrected chi connectivity index (χ0v) is 11.5. The van der Waals surface area contributed by atoms with Crippen molar-refractivity contribution in [1.82, 2.24) is 0 Å². The van der Waals surface area contributed by atoms with Crippen molar-refractivity contribution in [3.63, 3.8) is 0 Å². The van der Waals surface area contributed by atoms with Gasteiger partial charge in [0.25, 0.3) is 0 Å². The number of carbonyl (C=O) groups is 1. The Morgan fingerprint density at radius 3 is 2.43 bits per heavy atom. The van der Waals surface area contributed by atoms with Crippen LogP contribution in [0.4, 0.5) is 0 Å².